The van der Waals surface area contributed by atoms with Crippen molar-refractivity contribution < 1.29 is 14.8 Å². The summed E-state index contributed by atoms with van der Waals surface area (Å²) in [5.41, 5.74) is 2.02. The number of rotatable bonds is 32. The van der Waals surface area contributed by atoms with E-state index in [1.165, 1.54) is 141 Å². The van der Waals surface area contributed by atoms with Crippen molar-refractivity contribution in [2.75, 3.05) is 6.54 Å². The van der Waals surface area contributed by atoms with Gasteiger partial charge in [-0.1, -0.05) is 175 Å². The van der Waals surface area contributed by atoms with Crippen molar-refractivity contribution in [1.29, 1.82) is 0 Å². The number of hydroxylamine groups is 1. The maximum absolute atomic E-state index is 12.4. The van der Waals surface area contributed by atoms with Crippen LogP contribution in [0.25, 0.3) is 0 Å². The number of nitrogens with one attached hydrogen (secondary N) is 1. The Morgan fingerprint density at radius 2 is 0.683 bits per heavy atom. The van der Waals surface area contributed by atoms with Gasteiger partial charge in [-0.15, -0.1) is 0 Å². The van der Waals surface area contributed by atoms with Gasteiger partial charge >= 0.3 is 0 Å². The summed E-state index contributed by atoms with van der Waals surface area (Å²) in [5, 5.41) is 7.82. The van der Waals surface area contributed by atoms with Crippen LogP contribution in [0.2, 0.25) is 0 Å². The highest BCUT2D eigenvalue weighted by molar-refractivity contribution is 6.01. The molecule has 0 unspecified atom stereocenters. The Labute approximate surface area is 258 Å². The molecule has 0 aliphatic rings. The first-order valence-corrected chi connectivity index (χ1v) is 18.5. The number of unbranched alkanes of at least 4 members (excludes halogenated alkanes) is 24. The lowest BCUT2D eigenvalue weighted by Crippen LogP contribution is -2.20. The molecule has 0 aromatic rings. The molecular weight excluding hydrogens is 506 g/mol. The van der Waals surface area contributed by atoms with Gasteiger partial charge in [0, 0.05) is 19.4 Å². The average Bonchev–Trinajstić information content (AvgIpc) is 2.98. The summed E-state index contributed by atoms with van der Waals surface area (Å²) in [5.74, 6) is -0.0183. The molecule has 0 amide bonds. The molecule has 0 aromatic carbocycles. The molecule has 0 aliphatic carbocycles. The first-order chi connectivity index (χ1) is 20.0. The van der Waals surface area contributed by atoms with E-state index < -0.39 is 0 Å². The molecule has 0 heterocycles. The maximum Gasteiger partial charge on any atom is 0.143 e. The zero-order chi connectivity index (χ0) is 30.7. The van der Waals surface area contributed by atoms with Gasteiger partial charge < -0.3 is 5.21 Å². The predicted molar refractivity (Wildman–Crippen MR) is 180 cm³/mol. The second kappa shape index (κ2) is 37.3. The Bertz CT molecular complexity index is 478. The van der Waals surface area contributed by atoms with Crippen LogP contribution in [0.15, 0.2) is 0 Å². The Hall–Kier alpha value is -0.740. The molecule has 0 atom stereocenters. The van der Waals surface area contributed by atoms with Crippen LogP contribution < -0.4 is 5.48 Å². The highest BCUT2D eigenvalue weighted by Gasteiger charge is 2.19. The molecule has 246 valence electrons. The van der Waals surface area contributed by atoms with E-state index in [0.29, 0.717) is 19.4 Å². The number of ketones is 2. The smallest absolute Gasteiger partial charge is 0.143 e. The van der Waals surface area contributed by atoms with Crippen LogP contribution in [0.4, 0.5) is 0 Å². The van der Waals surface area contributed by atoms with E-state index in [1.54, 1.807) is 0 Å². The molecule has 4 heteroatoms. The zero-order valence-corrected chi connectivity index (χ0v) is 28.6. The SMILES string of the molecule is CCCCCCCCCCCCCCCC(=O)C(C)C(=O)CCCCCCCCCCCCCCC.CCCNO. The summed E-state index contributed by atoms with van der Waals surface area (Å²) >= 11 is 0. The fourth-order valence-corrected chi connectivity index (χ4v) is 5.36. The normalized spacial score (nSPS) is 11.1. The lowest BCUT2D eigenvalue weighted by atomic mass is 9.93. The Morgan fingerprint density at radius 3 is 0.878 bits per heavy atom. The molecule has 0 saturated carbocycles. The average molecular weight is 582 g/mol. The Morgan fingerprint density at radius 1 is 0.439 bits per heavy atom. The highest BCUT2D eigenvalue weighted by atomic mass is 16.5. The van der Waals surface area contributed by atoms with Crippen LogP contribution in [-0.2, 0) is 9.59 Å². The molecule has 0 aromatic heterocycles. The molecule has 0 aliphatic heterocycles. The summed E-state index contributed by atoms with van der Waals surface area (Å²) in [7, 11) is 0. The summed E-state index contributed by atoms with van der Waals surface area (Å²) in [4.78, 5) is 24.8. The number of hydrogen-bond donors (Lipinski definition) is 2. The van der Waals surface area contributed by atoms with Crippen LogP contribution in [0.1, 0.15) is 214 Å². The number of Topliss-reactive ketones (excluding diaryl/α,β-unsaturated/α-hetero) is 2. The summed E-state index contributed by atoms with van der Waals surface area (Å²) in [6.45, 7) is 9.08. The van der Waals surface area contributed by atoms with Crippen molar-refractivity contribution in [3.63, 3.8) is 0 Å². The summed E-state index contributed by atoms with van der Waals surface area (Å²) in [6, 6.07) is 0. The summed E-state index contributed by atoms with van der Waals surface area (Å²) < 4.78 is 0. The zero-order valence-electron chi connectivity index (χ0n) is 28.6. The number of carbonyl (C=O) groups is 2. The van der Waals surface area contributed by atoms with Gasteiger partial charge in [-0.3, -0.25) is 9.59 Å². The third-order valence-corrected chi connectivity index (χ3v) is 8.38. The predicted octanol–water partition coefficient (Wildman–Crippen LogP) is 12.1. The van der Waals surface area contributed by atoms with E-state index in [1.807, 2.05) is 19.3 Å². The van der Waals surface area contributed by atoms with Gasteiger partial charge in [-0.05, 0) is 26.2 Å². The molecule has 0 saturated heterocycles. The van der Waals surface area contributed by atoms with Gasteiger partial charge in [0.1, 0.15) is 11.6 Å². The quantitative estimate of drug-likeness (QED) is 0.0471. The molecular formula is C37H75NO3. The molecule has 0 bridgehead atoms. The molecule has 0 spiro atoms. The minimum Gasteiger partial charge on any atom is -0.317 e. The van der Waals surface area contributed by atoms with Crippen molar-refractivity contribution in [2.24, 2.45) is 5.92 Å². The van der Waals surface area contributed by atoms with Crippen LogP contribution in [-0.4, -0.2) is 23.3 Å². The van der Waals surface area contributed by atoms with Gasteiger partial charge in [-0.2, -0.15) is 0 Å². The molecule has 41 heavy (non-hydrogen) atoms. The molecule has 2 N–H and O–H groups in total. The Balaban J connectivity index is 0. The van der Waals surface area contributed by atoms with E-state index in [0.717, 1.165) is 32.1 Å². The van der Waals surface area contributed by atoms with Crippen LogP contribution >= 0.6 is 0 Å². The number of hydrogen-bond acceptors (Lipinski definition) is 4. The van der Waals surface area contributed by atoms with Gasteiger partial charge in [0.2, 0.25) is 0 Å². The van der Waals surface area contributed by atoms with Crippen molar-refractivity contribution in [1.82, 2.24) is 5.48 Å². The first-order valence-electron chi connectivity index (χ1n) is 18.5. The topological polar surface area (TPSA) is 66.4 Å². The second-order valence-corrected chi connectivity index (χ2v) is 12.5. The Kier molecular flexibility index (Phi) is 38.6. The van der Waals surface area contributed by atoms with Crippen molar-refractivity contribution in [2.45, 2.75) is 214 Å². The van der Waals surface area contributed by atoms with Crippen molar-refractivity contribution in [3.8, 4) is 0 Å². The van der Waals surface area contributed by atoms with Crippen LogP contribution in [0.5, 0.6) is 0 Å². The number of carbonyl (C=O) groups excluding carboxylic acids is 2. The van der Waals surface area contributed by atoms with Gasteiger partial charge in [0.15, 0.2) is 0 Å². The van der Waals surface area contributed by atoms with Crippen LogP contribution in [0.3, 0.4) is 0 Å². The monoisotopic (exact) mass is 582 g/mol. The van der Waals surface area contributed by atoms with E-state index in [9.17, 15) is 9.59 Å². The van der Waals surface area contributed by atoms with E-state index in [4.69, 9.17) is 5.21 Å². The minimum atomic E-state index is -0.375. The largest absolute Gasteiger partial charge is 0.317 e. The highest BCUT2D eigenvalue weighted by Crippen LogP contribution is 2.16. The third kappa shape index (κ3) is 35.4. The van der Waals surface area contributed by atoms with Crippen LogP contribution in [0, 0.1) is 5.92 Å². The van der Waals surface area contributed by atoms with E-state index >= 15 is 0 Å². The van der Waals surface area contributed by atoms with Crippen molar-refractivity contribution >= 4 is 11.6 Å². The van der Waals surface area contributed by atoms with Gasteiger partial charge in [0.25, 0.3) is 0 Å². The van der Waals surface area contributed by atoms with Gasteiger partial charge in [-0.25, -0.2) is 5.48 Å². The van der Waals surface area contributed by atoms with E-state index in [2.05, 4.69) is 13.8 Å². The first kappa shape index (κ1) is 42.4. The summed E-state index contributed by atoms with van der Waals surface area (Å²) in [6.07, 6.45) is 36.5. The molecule has 0 radical (unpaired) electrons. The van der Waals surface area contributed by atoms with E-state index in [-0.39, 0.29) is 17.5 Å². The lowest BCUT2D eigenvalue weighted by Gasteiger charge is -2.10. The molecule has 4 nitrogen and oxygen atoms in total. The second-order valence-electron chi connectivity index (χ2n) is 12.5. The van der Waals surface area contributed by atoms with Gasteiger partial charge in [0.05, 0.1) is 5.92 Å². The standard InChI is InChI=1S/C34H66O2.C3H9NO/c1-4-6-8-10-12-14-16-18-20-22-24-26-28-30-33(35)32(3)34(36)31-29-27-25-23-21-19-17-15-13-11-9-7-5-2;1-2-3-4-5/h32H,4-31H2,1-3H3;4-5H,2-3H2,1H3. The maximum atomic E-state index is 12.4. The molecule has 0 fully saturated rings. The fraction of sp³-hybridized carbons (Fsp3) is 0.946. The minimum absolute atomic E-state index is 0.178. The lowest BCUT2D eigenvalue weighted by molar-refractivity contribution is -0.132. The fourth-order valence-electron chi connectivity index (χ4n) is 5.36. The molecule has 0 rings (SSSR count). The van der Waals surface area contributed by atoms with Crippen molar-refractivity contribution in [3.05, 3.63) is 0 Å². The third-order valence-electron chi connectivity index (χ3n) is 8.38.